The number of nitrogens with two attached hydrogens (primary N) is 1. The largest absolute Gasteiger partial charge is 0.349 e. The van der Waals surface area contributed by atoms with Crippen molar-refractivity contribution in [3.8, 4) is 0 Å². The lowest BCUT2D eigenvalue weighted by atomic mass is 9.84. The van der Waals surface area contributed by atoms with E-state index in [9.17, 15) is 9.59 Å². The normalized spacial score (nSPS) is 29.9. The van der Waals surface area contributed by atoms with Crippen LogP contribution >= 0.6 is 0 Å². The zero-order valence-electron chi connectivity index (χ0n) is 15.0. The molecule has 2 atom stereocenters. The number of rotatable bonds is 3. The van der Waals surface area contributed by atoms with E-state index in [1.807, 2.05) is 35.2 Å². The van der Waals surface area contributed by atoms with Gasteiger partial charge >= 0.3 is 0 Å². The fourth-order valence-corrected chi connectivity index (χ4v) is 4.09. The molecule has 0 spiro atoms. The van der Waals surface area contributed by atoms with Gasteiger partial charge in [-0.2, -0.15) is 0 Å². The highest BCUT2D eigenvalue weighted by atomic mass is 16.2. The van der Waals surface area contributed by atoms with Crippen LogP contribution in [0.1, 0.15) is 55.8 Å². The standard InChI is InChI=1S/C20H29N3O2/c1-14-13-18(22-19(24)15-5-3-2-4-6-15)11-12-23(14)20(25)16-7-9-17(21)10-8-16/h2-6,14,16-18H,7-13,21H2,1H3,(H,22,24). The summed E-state index contributed by atoms with van der Waals surface area (Å²) in [6.45, 7) is 2.82. The van der Waals surface area contributed by atoms with Gasteiger partial charge in [0.1, 0.15) is 0 Å². The molecule has 0 bridgehead atoms. The van der Waals surface area contributed by atoms with Crippen LogP contribution < -0.4 is 11.1 Å². The molecule has 0 aromatic heterocycles. The molecule has 1 saturated heterocycles. The zero-order valence-corrected chi connectivity index (χ0v) is 15.0. The van der Waals surface area contributed by atoms with Gasteiger partial charge in [0.2, 0.25) is 5.91 Å². The number of likely N-dealkylation sites (tertiary alicyclic amines) is 1. The lowest BCUT2D eigenvalue weighted by molar-refractivity contribution is -0.140. The van der Waals surface area contributed by atoms with Crippen LogP contribution in [0.5, 0.6) is 0 Å². The fourth-order valence-electron chi connectivity index (χ4n) is 4.09. The number of carbonyl (C=O) groups is 2. The number of amides is 2. The third-order valence-corrected chi connectivity index (χ3v) is 5.65. The van der Waals surface area contributed by atoms with E-state index in [1.165, 1.54) is 0 Å². The van der Waals surface area contributed by atoms with Crippen molar-refractivity contribution in [1.29, 1.82) is 0 Å². The Morgan fingerprint density at radius 3 is 2.40 bits per heavy atom. The van der Waals surface area contributed by atoms with Gasteiger partial charge in [0, 0.05) is 36.2 Å². The van der Waals surface area contributed by atoms with Crippen molar-refractivity contribution in [3.05, 3.63) is 35.9 Å². The second-order valence-corrected chi connectivity index (χ2v) is 7.55. The summed E-state index contributed by atoms with van der Waals surface area (Å²) in [4.78, 5) is 27.1. The Morgan fingerprint density at radius 1 is 1.08 bits per heavy atom. The molecule has 5 nitrogen and oxygen atoms in total. The van der Waals surface area contributed by atoms with Crippen LogP contribution in [-0.4, -0.2) is 41.4 Å². The molecule has 3 rings (SSSR count). The molecule has 1 heterocycles. The number of piperidine rings is 1. The van der Waals surface area contributed by atoms with E-state index in [2.05, 4.69) is 12.2 Å². The van der Waals surface area contributed by atoms with E-state index >= 15 is 0 Å². The second-order valence-electron chi connectivity index (χ2n) is 7.55. The van der Waals surface area contributed by atoms with Crippen molar-refractivity contribution in [2.45, 2.75) is 63.6 Å². The van der Waals surface area contributed by atoms with E-state index < -0.39 is 0 Å². The van der Waals surface area contributed by atoms with Crippen molar-refractivity contribution < 1.29 is 9.59 Å². The van der Waals surface area contributed by atoms with Gasteiger partial charge in [-0.25, -0.2) is 0 Å². The quantitative estimate of drug-likeness (QED) is 0.884. The Labute approximate surface area is 150 Å². The Kier molecular flexibility index (Phi) is 5.74. The van der Waals surface area contributed by atoms with Crippen LogP contribution in [-0.2, 0) is 4.79 Å². The zero-order chi connectivity index (χ0) is 17.8. The summed E-state index contributed by atoms with van der Waals surface area (Å²) >= 11 is 0. The minimum atomic E-state index is -0.0288. The number of hydrogen-bond donors (Lipinski definition) is 2. The van der Waals surface area contributed by atoms with Gasteiger partial charge in [-0.3, -0.25) is 9.59 Å². The van der Waals surface area contributed by atoms with Crippen molar-refractivity contribution in [3.63, 3.8) is 0 Å². The van der Waals surface area contributed by atoms with Crippen LogP contribution in [0.25, 0.3) is 0 Å². The molecule has 136 valence electrons. The first-order valence-electron chi connectivity index (χ1n) is 9.46. The maximum Gasteiger partial charge on any atom is 0.251 e. The molecule has 2 amide bonds. The van der Waals surface area contributed by atoms with Crippen LogP contribution in [0.2, 0.25) is 0 Å². The molecule has 1 aliphatic carbocycles. The van der Waals surface area contributed by atoms with E-state index in [0.29, 0.717) is 5.56 Å². The number of hydrogen-bond acceptors (Lipinski definition) is 3. The Bertz CT molecular complexity index is 596. The molecule has 25 heavy (non-hydrogen) atoms. The molecule has 3 N–H and O–H groups in total. The van der Waals surface area contributed by atoms with Gasteiger partial charge in [0.15, 0.2) is 0 Å². The number of nitrogens with zero attached hydrogens (tertiary/aromatic N) is 1. The van der Waals surface area contributed by atoms with Crippen LogP contribution in [0.4, 0.5) is 0 Å². The predicted molar refractivity (Wildman–Crippen MR) is 98.0 cm³/mol. The Morgan fingerprint density at radius 2 is 1.76 bits per heavy atom. The lowest BCUT2D eigenvalue weighted by Gasteiger charge is -2.40. The van der Waals surface area contributed by atoms with Gasteiger partial charge in [-0.15, -0.1) is 0 Å². The minimum absolute atomic E-state index is 0.0288. The fraction of sp³-hybridized carbons (Fsp3) is 0.600. The average molecular weight is 343 g/mol. The monoisotopic (exact) mass is 343 g/mol. The van der Waals surface area contributed by atoms with Crippen LogP contribution in [0, 0.1) is 5.92 Å². The molecule has 2 unspecified atom stereocenters. The SMILES string of the molecule is CC1CC(NC(=O)c2ccccc2)CCN1C(=O)C1CCC(N)CC1. The molecule has 2 aliphatic rings. The molecular formula is C20H29N3O2. The molecule has 1 aliphatic heterocycles. The summed E-state index contributed by atoms with van der Waals surface area (Å²) in [7, 11) is 0. The molecular weight excluding hydrogens is 314 g/mol. The van der Waals surface area contributed by atoms with Gasteiger partial charge in [0.25, 0.3) is 5.91 Å². The molecule has 2 fully saturated rings. The summed E-state index contributed by atoms with van der Waals surface area (Å²) in [6.07, 6.45) is 5.37. The summed E-state index contributed by atoms with van der Waals surface area (Å²) in [5.74, 6) is 0.392. The molecule has 0 radical (unpaired) electrons. The Balaban J connectivity index is 1.52. The van der Waals surface area contributed by atoms with Gasteiger partial charge in [0.05, 0.1) is 0 Å². The predicted octanol–water partition coefficient (Wildman–Crippen LogP) is 2.31. The maximum atomic E-state index is 12.8. The smallest absolute Gasteiger partial charge is 0.251 e. The van der Waals surface area contributed by atoms with E-state index in [0.717, 1.165) is 45.1 Å². The van der Waals surface area contributed by atoms with Crippen molar-refractivity contribution in [1.82, 2.24) is 10.2 Å². The number of carbonyl (C=O) groups excluding carboxylic acids is 2. The first kappa shape index (κ1) is 17.9. The maximum absolute atomic E-state index is 12.8. The molecule has 1 saturated carbocycles. The highest BCUT2D eigenvalue weighted by Gasteiger charge is 2.34. The molecule has 1 aromatic carbocycles. The van der Waals surface area contributed by atoms with Gasteiger partial charge < -0.3 is 16.0 Å². The molecule has 1 aromatic rings. The summed E-state index contributed by atoms with van der Waals surface area (Å²) in [5, 5.41) is 3.12. The van der Waals surface area contributed by atoms with Gasteiger partial charge in [-0.1, -0.05) is 18.2 Å². The third-order valence-electron chi connectivity index (χ3n) is 5.65. The van der Waals surface area contributed by atoms with Crippen LogP contribution in [0.15, 0.2) is 30.3 Å². The summed E-state index contributed by atoms with van der Waals surface area (Å²) < 4.78 is 0. The first-order valence-corrected chi connectivity index (χ1v) is 9.46. The van der Waals surface area contributed by atoms with E-state index in [4.69, 9.17) is 5.73 Å². The first-order chi connectivity index (χ1) is 12.0. The van der Waals surface area contributed by atoms with E-state index in [1.54, 1.807) is 0 Å². The summed E-state index contributed by atoms with van der Waals surface area (Å²) in [6, 6.07) is 9.85. The van der Waals surface area contributed by atoms with E-state index in [-0.39, 0.29) is 35.9 Å². The minimum Gasteiger partial charge on any atom is -0.349 e. The van der Waals surface area contributed by atoms with Gasteiger partial charge in [-0.05, 0) is 57.6 Å². The van der Waals surface area contributed by atoms with Crippen molar-refractivity contribution in [2.24, 2.45) is 11.7 Å². The van der Waals surface area contributed by atoms with Crippen molar-refractivity contribution in [2.75, 3.05) is 6.54 Å². The second kappa shape index (κ2) is 8.00. The highest BCUT2D eigenvalue weighted by molar-refractivity contribution is 5.94. The Hall–Kier alpha value is -1.88. The third kappa shape index (κ3) is 4.40. The number of nitrogens with one attached hydrogen (secondary N) is 1. The highest BCUT2D eigenvalue weighted by Crippen LogP contribution is 2.28. The lowest BCUT2D eigenvalue weighted by Crippen LogP contribution is -2.52. The van der Waals surface area contributed by atoms with Crippen molar-refractivity contribution >= 4 is 11.8 Å². The summed E-state index contributed by atoms with van der Waals surface area (Å²) in [5.41, 5.74) is 6.64. The van der Waals surface area contributed by atoms with Crippen LogP contribution in [0.3, 0.4) is 0 Å². The topological polar surface area (TPSA) is 75.4 Å². The average Bonchev–Trinajstić information content (AvgIpc) is 2.62. The number of benzene rings is 1. The molecule has 5 heteroatoms.